The summed E-state index contributed by atoms with van der Waals surface area (Å²) in [6.07, 6.45) is 3.44. The van der Waals surface area contributed by atoms with Crippen LogP contribution in [0.2, 0.25) is 0 Å². The van der Waals surface area contributed by atoms with Gasteiger partial charge in [-0.25, -0.2) is 0 Å². The Labute approximate surface area is 131 Å². The van der Waals surface area contributed by atoms with Crippen LogP contribution in [0.5, 0.6) is 0 Å². The smallest absolute Gasteiger partial charge is 0.223 e. The number of nitrogens with one attached hydrogen (secondary N) is 2. The molecule has 1 aliphatic carbocycles. The molecule has 1 amide bonds. The second kappa shape index (κ2) is 6.41. The molecule has 1 spiro atoms. The Kier molecular flexibility index (Phi) is 4.55. The molecule has 2 fully saturated rings. The van der Waals surface area contributed by atoms with Crippen molar-refractivity contribution in [1.29, 1.82) is 0 Å². The monoisotopic (exact) mass is 304 g/mol. The molecule has 3 nitrogen and oxygen atoms in total. The number of hydrogen-bond acceptors (Lipinski definition) is 3. The Hall–Kier alpha value is -1.00. The summed E-state index contributed by atoms with van der Waals surface area (Å²) < 4.78 is 0. The number of aryl methyl sites for hydroxylation is 1. The first-order chi connectivity index (χ1) is 10.2. The standard InChI is InChI=1S/C17H24N2OS/c1-13-2-4-14(5-3-13)21-11-10-19-16(20)15-12-17(15)6-8-18-9-7-17/h2-5,15,18H,6-12H2,1H3,(H,19,20). The second-order valence-electron chi connectivity index (χ2n) is 6.32. The average Bonchev–Trinajstić information content (AvgIpc) is 3.19. The van der Waals surface area contributed by atoms with Gasteiger partial charge in [-0.2, -0.15) is 0 Å². The molecule has 1 heterocycles. The van der Waals surface area contributed by atoms with E-state index in [1.54, 1.807) is 11.8 Å². The Morgan fingerprint density at radius 2 is 2.05 bits per heavy atom. The lowest BCUT2D eigenvalue weighted by atomic mass is 9.92. The van der Waals surface area contributed by atoms with E-state index in [2.05, 4.69) is 41.8 Å². The van der Waals surface area contributed by atoms with Crippen molar-refractivity contribution in [3.05, 3.63) is 29.8 Å². The van der Waals surface area contributed by atoms with Gasteiger partial charge in [-0.15, -0.1) is 11.8 Å². The summed E-state index contributed by atoms with van der Waals surface area (Å²) >= 11 is 1.81. The summed E-state index contributed by atoms with van der Waals surface area (Å²) in [6.45, 7) is 5.02. The summed E-state index contributed by atoms with van der Waals surface area (Å²) in [4.78, 5) is 13.5. The number of amides is 1. The number of hydrogen-bond donors (Lipinski definition) is 2. The van der Waals surface area contributed by atoms with E-state index in [4.69, 9.17) is 0 Å². The fraction of sp³-hybridized carbons (Fsp3) is 0.588. The largest absolute Gasteiger partial charge is 0.355 e. The molecule has 4 heteroatoms. The molecular weight excluding hydrogens is 280 g/mol. The van der Waals surface area contributed by atoms with Crippen molar-refractivity contribution in [2.24, 2.45) is 11.3 Å². The van der Waals surface area contributed by atoms with E-state index in [0.717, 1.165) is 31.8 Å². The minimum Gasteiger partial charge on any atom is -0.355 e. The normalized spacial score (nSPS) is 23.0. The van der Waals surface area contributed by atoms with E-state index in [1.807, 2.05) is 0 Å². The molecule has 1 aromatic rings. The molecule has 2 aliphatic rings. The van der Waals surface area contributed by atoms with E-state index in [9.17, 15) is 4.79 Å². The van der Waals surface area contributed by atoms with Gasteiger partial charge < -0.3 is 10.6 Å². The quantitative estimate of drug-likeness (QED) is 0.649. The van der Waals surface area contributed by atoms with Gasteiger partial charge in [0.25, 0.3) is 0 Å². The Bertz CT molecular complexity index is 494. The summed E-state index contributed by atoms with van der Waals surface area (Å²) in [7, 11) is 0. The topological polar surface area (TPSA) is 41.1 Å². The summed E-state index contributed by atoms with van der Waals surface area (Å²) in [5.41, 5.74) is 1.63. The van der Waals surface area contributed by atoms with E-state index < -0.39 is 0 Å². The van der Waals surface area contributed by atoms with Gasteiger partial charge >= 0.3 is 0 Å². The van der Waals surface area contributed by atoms with Crippen LogP contribution in [-0.4, -0.2) is 31.3 Å². The van der Waals surface area contributed by atoms with Crippen molar-refractivity contribution in [2.45, 2.75) is 31.1 Å². The lowest BCUT2D eigenvalue weighted by Gasteiger charge is -2.23. The van der Waals surface area contributed by atoms with Crippen LogP contribution in [0.3, 0.4) is 0 Å². The first kappa shape index (κ1) is 14.9. The van der Waals surface area contributed by atoms with Crippen LogP contribution in [-0.2, 0) is 4.79 Å². The molecule has 3 rings (SSSR count). The fourth-order valence-electron chi connectivity index (χ4n) is 3.30. The molecular formula is C17H24N2OS. The van der Waals surface area contributed by atoms with Gasteiger partial charge in [-0.1, -0.05) is 17.7 Å². The molecule has 2 N–H and O–H groups in total. The van der Waals surface area contributed by atoms with Crippen molar-refractivity contribution in [2.75, 3.05) is 25.4 Å². The van der Waals surface area contributed by atoms with Crippen LogP contribution in [0.25, 0.3) is 0 Å². The average molecular weight is 304 g/mol. The molecule has 0 aromatic heterocycles. The third-order valence-corrected chi connectivity index (χ3v) is 5.81. The summed E-state index contributed by atoms with van der Waals surface area (Å²) in [5, 5.41) is 6.50. The van der Waals surface area contributed by atoms with E-state index in [1.165, 1.54) is 23.3 Å². The number of piperidine rings is 1. The minimum atomic E-state index is 0.279. The molecule has 1 aliphatic heterocycles. The molecule has 1 saturated carbocycles. The van der Waals surface area contributed by atoms with Gasteiger partial charge in [-0.05, 0) is 56.8 Å². The van der Waals surface area contributed by atoms with Crippen molar-refractivity contribution < 1.29 is 4.79 Å². The molecule has 0 bridgehead atoms. The highest BCUT2D eigenvalue weighted by Gasteiger charge is 2.57. The Morgan fingerprint density at radius 3 is 2.76 bits per heavy atom. The number of carbonyl (C=O) groups is 1. The second-order valence-corrected chi connectivity index (χ2v) is 7.49. The molecule has 1 atom stereocenters. The first-order valence-electron chi connectivity index (χ1n) is 7.88. The number of rotatable bonds is 5. The zero-order chi connectivity index (χ0) is 14.7. The van der Waals surface area contributed by atoms with Crippen molar-refractivity contribution in [1.82, 2.24) is 10.6 Å². The lowest BCUT2D eigenvalue weighted by Crippen LogP contribution is -2.34. The zero-order valence-corrected chi connectivity index (χ0v) is 13.5. The number of benzene rings is 1. The van der Waals surface area contributed by atoms with E-state index in [-0.39, 0.29) is 11.8 Å². The van der Waals surface area contributed by atoms with Gasteiger partial charge in [0.1, 0.15) is 0 Å². The molecule has 1 unspecified atom stereocenters. The SMILES string of the molecule is Cc1ccc(SCCNC(=O)C2CC23CCNCC3)cc1. The van der Waals surface area contributed by atoms with Gasteiger partial charge in [0, 0.05) is 23.1 Å². The maximum Gasteiger partial charge on any atom is 0.223 e. The van der Waals surface area contributed by atoms with Gasteiger partial charge in [0.15, 0.2) is 0 Å². The van der Waals surface area contributed by atoms with Gasteiger partial charge in [-0.3, -0.25) is 4.79 Å². The van der Waals surface area contributed by atoms with Crippen LogP contribution in [0.1, 0.15) is 24.8 Å². The highest BCUT2D eigenvalue weighted by Crippen LogP contribution is 2.58. The third-order valence-electron chi connectivity index (χ3n) is 4.80. The van der Waals surface area contributed by atoms with Gasteiger partial charge in [0.2, 0.25) is 5.91 Å². The van der Waals surface area contributed by atoms with Crippen molar-refractivity contribution in [3.8, 4) is 0 Å². The Morgan fingerprint density at radius 1 is 1.33 bits per heavy atom. The predicted molar refractivity (Wildman–Crippen MR) is 87.6 cm³/mol. The van der Waals surface area contributed by atoms with Crippen LogP contribution >= 0.6 is 11.8 Å². The van der Waals surface area contributed by atoms with Crippen LogP contribution in [0.4, 0.5) is 0 Å². The van der Waals surface area contributed by atoms with Gasteiger partial charge in [0.05, 0.1) is 0 Å². The van der Waals surface area contributed by atoms with Crippen molar-refractivity contribution in [3.63, 3.8) is 0 Å². The van der Waals surface area contributed by atoms with E-state index in [0.29, 0.717) is 5.41 Å². The number of carbonyl (C=O) groups excluding carboxylic acids is 1. The van der Waals surface area contributed by atoms with Crippen LogP contribution < -0.4 is 10.6 Å². The molecule has 0 radical (unpaired) electrons. The predicted octanol–water partition coefficient (Wildman–Crippen LogP) is 2.59. The molecule has 21 heavy (non-hydrogen) atoms. The zero-order valence-electron chi connectivity index (χ0n) is 12.7. The Balaban J connectivity index is 1.36. The molecule has 114 valence electrons. The van der Waals surface area contributed by atoms with E-state index >= 15 is 0 Å². The van der Waals surface area contributed by atoms with Crippen LogP contribution in [0, 0.1) is 18.3 Å². The highest BCUT2D eigenvalue weighted by molar-refractivity contribution is 7.99. The first-order valence-corrected chi connectivity index (χ1v) is 8.86. The number of thioether (sulfide) groups is 1. The minimum absolute atomic E-state index is 0.279. The maximum atomic E-state index is 12.2. The summed E-state index contributed by atoms with van der Waals surface area (Å²) in [6, 6.07) is 8.55. The maximum absolute atomic E-state index is 12.2. The lowest BCUT2D eigenvalue weighted by molar-refractivity contribution is -0.123. The molecule has 1 saturated heterocycles. The fourth-order valence-corrected chi connectivity index (χ4v) is 4.06. The summed E-state index contributed by atoms with van der Waals surface area (Å²) in [5.74, 6) is 1.50. The molecule has 1 aromatic carbocycles. The van der Waals surface area contributed by atoms with Crippen molar-refractivity contribution >= 4 is 17.7 Å². The van der Waals surface area contributed by atoms with Crippen LogP contribution in [0.15, 0.2) is 29.2 Å². The third kappa shape index (κ3) is 3.61. The highest BCUT2D eigenvalue weighted by atomic mass is 32.2.